The smallest absolute Gasteiger partial charge is 0.148 e. The first-order chi connectivity index (χ1) is 16.8. The van der Waals surface area contributed by atoms with Crippen LogP contribution in [0, 0.1) is 0 Å². The second-order valence-electron chi connectivity index (χ2n) is 7.96. The van der Waals surface area contributed by atoms with Gasteiger partial charge in [0.15, 0.2) is 0 Å². The third-order valence-electron chi connectivity index (χ3n) is 5.92. The van der Waals surface area contributed by atoms with Crippen LogP contribution in [0.1, 0.15) is 0 Å². The Balaban J connectivity index is 1.31. The van der Waals surface area contributed by atoms with E-state index in [1.165, 1.54) is 0 Å². The highest BCUT2D eigenvalue weighted by Gasteiger charge is 2.15. The van der Waals surface area contributed by atoms with Gasteiger partial charge in [-0.25, -0.2) is 4.98 Å². The fourth-order valence-corrected chi connectivity index (χ4v) is 5.14. The zero-order valence-corrected chi connectivity index (χ0v) is 18.6. The lowest BCUT2D eigenvalue weighted by Gasteiger charge is -2.03. The summed E-state index contributed by atoms with van der Waals surface area (Å²) >= 11 is 1.59. The molecule has 34 heavy (non-hydrogen) atoms. The number of nitrogens with one attached hydrogen (secondary N) is 1. The number of aromatic nitrogens is 6. The molecule has 7 rings (SSSR count). The average molecular weight is 457 g/mol. The first kappa shape index (κ1) is 19.0. The van der Waals surface area contributed by atoms with E-state index in [1.54, 1.807) is 23.7 Å². The molecular formula is C27H16N6S. The molecule has 7 heteroatoms. The molecule has 4 aromatic heterocycles. The molecule has 0 fully saturated rings. The van der Waals surface area contributed by atoms with Crippen molar-refractivity contribution in [1.29, 1.82) is 0 Å². The Hall–Kier alpha value is -4.49. The number of rotatable bonds is 3. The zero-order valence-electron chi connectivity index (χ0n) is 17.8. The highest BCUT2D eigenvalue weighted by atomic mass is 32.1. The van der Waals surface area contributed by atoms with Gasteiger partial charge >= 0.3 is 0 Å². The Morgan fingerprint density at radius 3 is 1.91 bits per heavy atom. The minimum atomic E-state index is 0.810. The molecule has 0 aliphatic rings. The number of hydrogen-bond acceptors (Lipinski definition) is 6. The second-order valence-corrected chi connectivity index (χ2v) is 8.94. The summed E-state index contributed by atoms with van der Waals surface area (Å²) in [5.74, 6) is 0.810. The van der Waals surface area contributed by atoms with Gasteiger partial charge < -0.3 is 4.98 Å². The number of aromatic amines is 1. The van der Waals surface area contributed by atoms with Crippen molar-refractivity contribution < 1.29 is 0 Å². The predicted octanol–water partition coefficient (Wildman–Crippen LogP) is 6.51. The first-order valence-corrected chi connectivity index (χ1v) is 11.7. The topological polar surface area (TPSA) is 80.2 Å². The number of H-pyrrole nitrogens is 1. The minimum absolute atomic E-state index is 0.810. The van der Waals surface area contributed by atoms with Crippen molar-refractivity contribution in [3.05, 3.63) is 91.3 Å². The number of pyridine rings is 2. The van der Waals surface area contributed by atoms with Gasteiger partial charge in [0.25, 0.3) is 0 Å². The van der Waals surface area contributed by atoms with Crippen molar-refractivity contribution in [1.82, 2.24) is 30.1 Å². The number of benzene rings is 3. The molecule has 0 bridgehead atoms. The molecule has 0 atom stereocenters. The number of nitrogens with zero attached hydrogens (tertiary/aromatic N) is 5. The van der Waals surface area contributed by atoms with E-state index in [9.17, 15) is 0 Å². The van der Waals surface area contributed by atoms with E-state index in [0.717, 1.165) is 65.4 Å². The minimum Gasteiger partial charge on any atom is -0.337 e. The summed E-state index contributed by atoms with van der Waals surface area (Å²) < 4.78 is 0. The molecule has 3 aromatic carbocycles. The molecule has 0 radical (unpaired) electrons. The van der Waals surface area contributed by atoms with E-state index in [0.29, 0.717) is 0 Å². The molecule has 0 saturated heterocycles. The van der Waals surface area contributed by atoms with Crippen molar-refractivity contribution >= 4 is 44.2 Å². The van der Waals surface area contributed by atoms with Gasteiger partial charge in [0, 0.05) is 39.9 Å². The Bertz CT molecular complexity index is 1730. The molecular weight excluding hydrogens is 440 g/mol. The van der Waals surface area contributed by atoms with Gasteiger partial charge in [-0.2, -0.15) is 0 Å². The Kier molecular flexibility index (Phi) is 4.22. The molecule has 7 aromatic rings. The van der Waals surface area contributed by atoms with Crippen molar-refractivity contribution in [2.24, 2.45) is 0 Å². The molecule has 0 unspecified atom stereocenters. The van der Waals surface area contributed by atoms with Crippen LogP contribution in [0.15, 0.2) is 91.3 Å². The lowest BCUT2D eigenvalue weighted by Crippen LogP contribution is -1.86. The average Bonchev–Trinajstić information content (AvgIpc) is 3.58. The monoisotopic (exact) mass is 456 g/mol. The van der Waals surface area contributed by atoms with E-state index in [-0.39, 0.29) is 0 Å². The molecule has 0 aliphatic carbocycles. The summed E-state index contributed by atoms with van der Waals surface area (Å²) in [6, 6.07) is 26.4. The molecule has 0 saturated carbocycles. The van der Waals surface area contributed by atoms with E-state index in [1.807, 2.05) is 48.5 Å². The molecule has 6 nitrogen and oxygen atoms in total. The fraction of sp³-hybridized carbons (Fsp3) is 0. The van der Waals surface area contributed by atoms with Crippen LogP contribution in [0.2, 0.25) is 0 Å². The Morgan fingerprint density at radius 2 is 1.18 bits per heavy atom. The standard InChI is InChI=1S/C27H16N6S/c1-2-6-17(7-3-1)26-32-33-27(34-26)18-12-10-16(11-13-18)25-30-23-19-8-4-14-28-21(19)22-20(24(23)31-25)9-5-15-29-22/h1-15H,(H,30,31). The first-order valence-electron chi connectivity index (χ1n) is 10.9. The van der Waals surface area contributed by atoms with E-state index >= 15 is 0 Å². The van der Waals surface area contributed by atoms with E-state index in [2.05, 4.69) is 55.5 Å². The zero-order chi connectivity index (χ0) is 22.5. The maximum atomic E-state index is 4.96. The van der Waals surface area contributed by atoms with Crippen LogP contribution < -0.4 is 0 Å². The summed E-state index contributed by atoms with van der Waals surface area (Å²) in [5.41, 5.74) is 6.73. The molecule has 0 aliphatic heterocycles. The van der Waals surface area contributed by atoms with E-state index in [4.69, 9.17) is 4.98 Å². The maximum absolute atomic E-state index is 4.96. The molecule has 1 N–H and O–H groups in total. The second kappa shape index (κ2) is 7.54. The summed E-state index contributed by atoms with van der Waals surface area (Å²) in [6.07, 6.45) is 3.60. The number of imidazole rings is 1. The van der Waals surface area contributed by atoms with Crippen molar-refractivity contribution in [3.63, 3.8) is 0 Å². The number of hydrogen-bond donors (Lipinski definition) is 1. The SMILES string of the molecule is c1ccc(-c2nnc(-c3ccc(-c4nc5c6cccnc6c6ncccc6c5[nH]4)cc3)s2)cc1. The Labute approximate surface area is 198 Å². The van der Waals surface area contributed by atoms with Crippen LogP contribution in [0.25, 0.3) is 65.4 Å². The predicted molar refractivity (Wildman–Crippen MR) is 136 cm³/mol. The van der Waals surface area contributed by atoms with Gasteiger partial charge in [0.1, 0.15) is 15.8 Å². The number of fused-ring (bicyclic) bond motifs is 6. The van der Waals surface area contributed by atoms with Crippen LogP contribution in [-0.4, -0.2) is 30.1 Å². The van der Waals surface area contributed by atoms with Crippen molar-refractivity contribution in [2.75, 3.05) is 0 Å². The molecule has 160 valence electrons. The lowest BCUT2D eigenvalue weighted by molar-refractivity contribution is 1.10. The third kappa shape index (κ3) is 2.98. The normalized spacial score (nSPS) is 11.5. The Morgan fingerprint density at radius 1 is 0.559 bits per heavy atom. The lowest BCUT2D eigenvalue weighted by atomic mass is 10.1. The van der Waals surface area contributed by atoms with Gasteiger partial charge in [0.05, 0.1) is 22.1 Å². The van der Waals surface area contributed by atoms with Crippen LogP contribution in [0.5, 0.6) is 0 Å². The van der Waals surface area contributed by atoms with Crippen LogP contribution in [-0.2, 0) is 0 Å². The van der Waals surface area contributed by atoms with E-state index < -0.39 is 0 Å². The third-order valence-corrected chi connectivity index (χ3v) is 6.94. The van der Waals surface area contributed by atoms with Gasteiger partial charge in [-0.1, -0.05) is 65.9 Å². The summed E-state index contributed by atoms with van der Waals surface area (Å²) in [7, 11) is 0. The quantitative estimate of drug-likeness (QED) is 0.307. The highest BCUT2D eigenvalue weighted by Crippen LogP contribution is 2.34. The van der Waals surface area contributed by atoms with Gasteiger partial charge in [0.2, 0.25) is 0 Å². The molecule has 4 heterocycles. The molecule has 0 amide bonds. The fourth-order valence-electron chi connectivity index (χ4n) is 4.29. The summed E-state index contributed by atoms with van der Waals surface area (Å²) in [5, 5.41) is 12.6. The van der Waals surface area contributed by atoms with Gasteiger partial charge in [-0.15, -0.1) is 10.2 Å². The largest absolute Gasteiger partial charge is 0.337 e. The van der Waals surface area contributed by atoms with Gasteiger partial charge in [-0.3, -0.25) is 9.97 Å². The van der Waals surface area contributed by atoms with Gasteiger partial charge in [-0.05, 0) is 24.3 Å². The summed E-state index contributed by atoms with van der Waals surface area (Å²) in [4.78, 5) is 17.7. The highest BCUT2D eigenvalue weighted by molar-refractivity contribution is 7.17. The van der Waals surface area contributed by atoms with Crippen molar-refractivity contribution in [2.45, 2.75) is 0 Å². The van der Waals surface area contributed by atoms with Crippen molar-refractivity contribution in [3.8, 4) is 32.5 Å². The maximum Gasteiger partial charge on any atom is 0.148 e. The van der Waals surface area contributed by atoms with Crippen LogP contribution in [0.3, 0.4) is 0 Å². The van der Waals surface area contributed by atoms with Crippen LogP contribution >= 0.6 is 11.3 Å². The summed E-state index contributed by atoms with van der Waals surface area (Å²) in [6.45, 7) is 0. The van der Waals surface area contributed by atoms with Crippen LogP contribution in [0.4, 0.5) is 0 Å². The molecule has 0 spiro atoms.